The highest BCUT2D eigenvalue weighted by molar-refractivity contribution is 14.0. The number of guanidine groups is 1. The lowest BCUT2D eigenvalue weighted by molar-refractivity contribution is 0.00752. The second-order valence-corrected chi connectivity index (χ2v) is 8.09. The predicted molar refractivity (Wildman–Crippen MR) is 140 cm³/mol. The molecule has 33 heavy (non-hydrogen) atoms. The number of aliphatic imine (C=N–C) groups is 1. The van der Waals surface area contributed by atoms with Crippen LogP contribution in [0.2, 0.25) is 0 Å². The molecule has 1 unspecified atom stereocenters. The Kier molecular flexibility index (Phi) is 11.8. The van der Waals surface area contributed by atoms with Crippen LogP contribution >= 0.6 is 24.0 Å². The van der Waals surface area contributed by atoms with Crippen molar-refractivity contribution >= 4 is 29.9 Å². The number of nitrogens with one attached hydrogen (secondary N) is 2. The number of ether oxygens (including phenoxy) is 2. The Morgan fingerprint density at radius 3 is 2.67 bits per heavy atom. The first kappa shape index (κ1) is 27.3. The van der Waals surface area contributed by atoms with Crippen molar-refractivity contribution in [1.82, 2.24) is 20.5 Å². The van der Waals surface area contributed by atoms with Crippen LogP contribution in [-0.4, -0.2) is 61.3 Å². The van der Waals surface area contributed by atoms with Crippen molar-refractivity contribution in [3.63, 3.8) is 0 Å². The van der Waals surface area contributed by atoms with E-state index in [1.165, 1.54) is 6.07 Å². The molecule has 2 heterocycles. The summed E-state index contributed by atoms with van der Waals surface area (Å²) in [5.41, 5.74) is 0.770. The van der Waals surface area contributed by atoms with Gasteiger partial charge in [0, 0.05) is 38.4 Å². The molecule has 2 N–H and O–H groups in total. The van der Waals surface area contributed by atoms with Gasteiger partial charge in [0.05, 0.1) is 26.0 Å². The van der Waals surface area contributed by atoms with Crippen LogP contribution in [0.15, 0.2) is 47.7 Å². The molecule has 0 saturated carbocycles. The molecule has 1 saturated heterocycles. The lowest BCUT2D eigenvalue weighted by Gasteiger charge is -2.37. The van der Waals surface area contributed by atoms with E-state index in [4.69, 9.17) is 9.47 Å². The molecule has 182 valence electrons. The zero-order valence-corrected chi connectivity index (χ0v) is 21.9. The number of pyridine rings is 1. The Labute approximate surface area is 213 Å². The summed E-state index contributed by atoms with van der Waals surface area (Å²) in [6.07, 6.45) is 3.19. The number of morpholine rings is 1. The molecule has 3 rings (SSSR count). The molecule has 1 aromatic carbocycles. The van der Waals surface area contributed by atoms with E-state index in [0.29, 0.717) is 24.3 Å². The van der Waals surface area contributed by atoms with E-state index in [0.717, 1.165) is 50.9 Å². The van der Waals surface area contributed by atoms with Crippen molar-refractivity contribution in [3.05, 3.63) is 54.1 Å². The van der Waals surface area contributed by atoms with Gasteiger partial charge in [0.1, 0.15) is 5.75 Å². The largest absolute Gasteiger partial charge is 0.453 e. The lowest BCUT2D eigenvalue weighted by atomic mass is 10.0. The standard InChI is InChI=1S/C24H34FN5O2.HI/c1-4-27-24(29-17-22(18(2)3)30-10-12-31-13-11-30)28-15-19-7-8-23(21(25)14-19)32-20-6-5-9-26-16-20;/h5-9,14,16,18,22H,4,10-13,15,17H2,1-3H3,(H2,27,28,29);1H. The van der Waals surface area contributed by atoms with Gasteiger partial charge in [-0.1, -0.05) is 19.9 Å². The van der Waals surface area contributed by atoms with Crippen molar-refractivity contribution in [1.29, 1.82) is 0 Å². The van der Waals surface area contributed by atoms with Gasteiger partial charge in [-0.05, 0) is 42.7 Å². The van der Waals surface area contributed by atoms with Crippen LogP contribution in [0.25, 0.3) is 0 Å². The molecule has 0 amide bonds. The molecule has 0 spiro atoms. The minimum Gasteiger partial charge on any atom is -0.453 e. The Morgan fingerprint density at radius 1 is 1.24 bits per heavy atom. The molecule has 1 aliphatic heterocycles. The second kappa shape index (κ2) is 14.3. The summed E-state index contributed by atoms with van der Waals surface area (Å²) in [4.78, 5) is 11.1. The highest BCUT2D eigenvalue weighted by Crippen LogP contribution is 2.24. The molecule has 1 atom stereocenters. The van der Waals surface area contributed by atoms with Crippen LogP contribution in [0, 0.1) is 11.7 Å². The van der Waals surface area contributed by atoms with Crippen LogP contribution in [-0.2, 0) is 11.3 Å². The van der Waals surface area contributed by atoms with Gasteiger partial charge in [-0.2, -0.15) is 0 Å². The Hall–Kier alpha value is -1.98. The van der Waals surface area contributed by atoms with Gasteiger partial charge < -0.3 is 20.1 Å². The van der Waals surface area contributed by atoms with Gasteiger partial charge in [0.15, 0.2) is 17.5 Å². The van der Waals surface area contributed by atoms with Crippen LogP contribution in [0.4, 0.5) is 4.39 Å². The van der Waals surface area contributed by atoms with Crippen LogP contribution in [0.5, 0.6) is 11.5 Å². The first-order valence-corrected chi connectivity index (χ1v) is 11.3. The van der Waals surface area contributed by atoms with Crippen molar-refractivity contribution in [2.75, 3.05) is 39.4 Å². The number of aromatic nitrogens is 1. The fourth-order valence-corrected chi connectivity index (χ4v) is 3.67. The predicted octanol–water partition coefficient (Wildman–Crippen LogP) is 4.04. The van der Waals surface area contributed by atoms with Crippen LogP contribution in [0.1, 0.15) is 26.3 Å². The second-order valence-electron chi connectivity index (χ2n) is 8.09. The van der Waals surface area contributed by atoms with Gasteiger partial charge in [-0.3, -0.25) is 9.88 Å². The van der Waals surface area contributed by atoms with Crippen molar-refractivity contribution in [3.8, 4) is 11.5 Å². The Morgan fingerprint density at radius 2 is 2.03 bits per heavy atom. The zero-order chi connectivity index (χ0) is 22.8. The average molecular weight is 571 g/mol. The molecular weight excluding hydrogens is 536 g/mol. The summed E-state index contributed by atoms with van der Waals surface area (Å²) >= 11 is 0. The maximum absolute atomic E-state index is 14.5. The lowest BCUT2D eigenvalue weighted by Crippen LogP contribution is -2.52. The molecule has 0 aliphatic carbocycles. The van der Waals surface area contributed by atoms with Gasteiger partial charge in [-0.25, -0.2) is 9.38 Å². The molecule has 1 aromatic heterocycles. The molecule has 0 bridgehead atoms. The van der Waals surface area contributed by atoms with E-state index in [1.807, 2.05) is 13.0 Å². The number of nitrogens with zero attached hydrogens (tertiary/aromatic N) is 3. The summed E-state index contributed by atoms with van der Waals surface area (Å²) in [6.45, 7) is 11.9. The molecule has 0 radical (unpaired) electrons. The number of benzene rings is 1. The fourth-order valence-electron chi connectivity index (χ4n) is 3.67. The first-order valence-electron chi connectivity index (χ1n) is 11.3. The van der Waals surface area contributed by atoms with Crippen molar-refractivity contribution in [2.45, 2.75) is 33.4 Å². The summed E-state index contributed by atoms with van der Waals surface area (Å²) in [5.74, 6) is 1.47. The Bertz CT molecular complexity index is 863. The van der Waals surface area contributed by atoms with E-state index >= 15 is 0 Å². The molecule has 1 aliphatic rings. The topological polar surface area (TPSA) is 71.0 Å². The van der Waals surface area contributed by atoms with E-state index in [1.54, 1.807) is 30.6 Å². The summed E-state index contributed by atoms with van der Waals surface area (Å²) in [6, 6.07) is 8.79. The smallest absolute Gasteiger partial charge is 0.191 e. The van der Waals surface area contributed by atoms with Gasteiger partial charge in [0.25, 0.3) is 0 Å². The molecule has 2 aromatic rings. The van der Waals surface area contributed by atoms with E-state index in [-0.39, 0.29) is 29.7 Å². The number of hydrogen-bond donors (Lipinski definition) is 2. The van der Waals surface area contributed by atoms with Gasteiger partial charge in [0.2, 0.25) is 0 Å². The third-order valence-corrected chi connectivity index (χ3v) is 5.39. The molecular formula is C24H35FIN5O2. The quantitative estimate of drug-likeness (QED) is 0.269. The van der Waals surface area contributed by atoms with Gasteiger partial charge in [-0.15, -0.1) is 24.0 Å². The van der Waals surface area contributed by atoms with E-state index in [2.05, 4.69) is 39.4 Å². The van der Waals surface area contributed by atoms with E-state index < -0.39 is 5.82 Å². The van der Waals surface area contributed by atoms with Crippen LogP contribution in [0.3, 0.4) is 0 Å². The SMILES string of the molecule is CCNC(=NCc1ccc(Oc2cccnc2)c(F)c1)NCC(C(C)C)N1CCOCC1.I. The minimum absolute atomic E-state index is 0. The monoisotopic (exact) mass is 571 g/mol. The molecule has 9 heteroatoms. The number of hydrogen-bond acceptors (Lipinski definition) is 5. The third kappa shape index (κ3) is 8.71. The van der Waals surface area contributed by atoms with Crippen molar-refractivity contribution in [2.24, 2.45) is 10.9 Å². The Balaban J connectivity index is 0.00000385. The fraction of sp³-hybridized carbons (Fsp3) is 0.500. The van der Waals surface area contributed by atoms with Crippen LogP contribution < -0.4 is 15.4 Å². The summed E-state index contributed by atoms with van der Waals surface area (Å²) in [7, 11) is 0. The molecule has 1 fully saturated rings. The molecule has 7 nitrogen and oxygen atoms in total. The maximum Gasteiger partial charge on any atom is 0.191 e. The highest BCUT2D eigenvalue weighted by atomic mass is 127. The van der Waals surface area contributed by atoms with Crippen molar-refractivity contribution < 1.29 is 13.9 Å². The van der Waals surface area contributed by atoms with Gasteiger partial charge >= 0.3 is 0 Å². The average Bonchev–Trinajstić information content (AvgIpc) is 2.80. The number of halogens is 2. The number of rotatable bonds is 9. The summed E-state index contributed by atoms with van der Waals surface area (Å²) < 4.78 is 25.6. The normalized spacial score (nSPS) is 15.6. The third-order valence-electron chi connectivity index (χ3n) is 5.39. The zero-order valence-electron chi connectivity index (χ0n) is 19.6. The van der Waals surface area contributed by atoms with E-state index in [9.17, 15) is 4.39 Å². The maximum atomic E-state index is 14.5. The minimum atomic E-state index is -0.424. The first-order chi connectivity index (χ1) is 15.6. The summed E-state index contributed by atoms with van der Waals surface area (Å²) in [5, 5.41) is 6.74. The highest BCUT2D eigenvalue weighted by Gasteiger charge is 2.23.